The lowest BCUT2D eigenvalue weighted by Gasteiger charge is -2.32. The molecule has 35 heavy (non-hydrogen) atoms. The summed E-state index contributed by atoms with van der Waals surface area (Å²) in [6, 6.07) is 11.8. The van der Waals surface area contributed by atoms with Crippen LogP contribution in [-0.4, -0.2) is 68.3 Å². The molecule has 0 radical (unpaired) electrons. The summed E-state index contributed by atoms with van der Waals surface area (Å²) in [6.07, 6.45) is 2.77. The van der Waals surface area contributed by atoms with Gasteiger partial charge in [-0.2, -0.15) is 4.31 Å². The van der Waals surface area contributed by atoms with Gasteiger partial charge >= 0.3 is 0 Å². The number of halogens is 2. The second kappa shape index (κ2) is 11.5. The van der Waals surface area contributed by atoms with Gasteiger partial charge in [0.15, 0.2) is 5.13 Å². The molecule has 3 aromatic rings. The molecule has 1 amide bonds. The highest BCUT2D eigenvalue weighted by Crippen LogP contribution is 2.33. The predicted octanol–water partition coefficient (Wildman–Crippen LogP) is 5.14. The zero-order valence-corrected chi connectivity index (χ0v) is 23.2. The Kier molecular flexibility index (Phi) is 9.17. The number of benzene rings is 2. The Labute approximate surface area is 222 Å². The number of anilines is 1. The number of hydrogen-bond donors (Lipinski definition) is 0. The molecular weight excluding hydrogens is 527 g/mol. The van der Waals surface area contributed by atoms with Gasteiger partial charge in [0.1, 0.15) is 5.52 Å². The first-order chi connectivity index (χ1) is 16.2. The summed E-state index contributed by atoms with van der Waals surface area (Å²) < 4.78 is 28.8. The van der Waals surface area contributed by atoms with Crippen LogP contribution in [0.3, 0.4) is 0 Å². The molecule has 1 saturated heterocycles. The Balaban J connectivity index is 0.00000342. The second-order valence-corrected chi connectivity index (χ2v) is 12.1. The van der Waals surface area contributed by atoms with Gasteiger partial charge in [-0.25, -0.2) is 13.4 Å². The fraction of sp³-hybridized carbons (Fsp3) is 0.417. The van der Waals surface area contributed by atoms with Gasteiger partial charge in [0, 0.05) is 31.2 Å². The first kappa shape index (κ1) is 27.8. The van der Waals surface area contributed by atoms with Crippen molar-refractivity contribution in [3.8, 4) is 0 Å². The molecule has 0 bridgehead atoms. The van der Waals surface area contributed by atoms with E-state index in [9.17, 15) is 13.2 Å². The maximum Gasteiger partial charge on any atom is 0.260 e. The van der Waals surface area contributed by atoms with E-state index in [1.54, 1.807) is 27.4 Å². The number of rotatable bonds is 7. The average Bonchev–Trinajstić information content (AvgIpc) is 3.24. The Morgan fingerprint density at radius 3 is 2.49 bits per heavy atom. The highest BCUT2D eigenvalue weighted by molar-refractivity contribution is 7.89. The van der Waals surface area contributed by atoms with E-state index in [-0.39, 0.29) is 29.3 Å². The lowest BCUT2D eigenvalue weighted by Crippen LogP contribution is -2.41. The number of aromatic nitrogens is 1. The van der Waals surface area contributed by atoms with E-state index >= 15 is 0 Å². The van der Waals surface area contributed by atoms with Crippen LogP contribution in [0.25, 0.3) is 10.2 Å². The Bertz CT molecular complexity index is 1280. The summed E-state index contributed by atoms with van der Waals surface area (Å²) in [4.78, 5) is 22.0. The molecule has 7 nitrogen and oxygen atoms in total. The molecule has 1 aromatic heterocycles. The molecule has 0 N–H and O–H groups in total. The van der Waals surface area contributed by atoms with Crippen molar-refractivity contribution in [1.29, 1.82) is 0 Å². The first-order valence-electron chi connectivity index (χ1n) is 11.3. The SMILES string of the molecule is CC1CCCCN1S(=O)(=O)c1ccc(C(=O)N(CCN(C)C)c2nc3c(Cl)cccc3s2)cc1.Cl. The maximum absolute atomic E-state index is 13.5. The smallest absolute Gasteiger partial charge is 0.260 e. The number of amides is 1. The van der Waals surface area contributed by atoms with Gasteiger partial charge in [0.05, 0.1) is 14.6 Å². The standard InChI is InChI=1S/C24H29ClN4O3S2.ClH/c1-17-7-4-5-14-29(17)34(31,32)19-12-10-18(11-13-19)23(30)28(16-15-27(2)3)24-26-22-20(25)8-6-9-21(22)33-24;/h6,8-13,17H,4-5,7,14-16H2,1-3H3;1H. The molecule has 190 valence electrons. The molecule has 1 aliphatic rings. The van der Waals surface area contributed by atoms with E-state index < -0.39 is 10.0 Å². The fourth-order valence-electron chi connectivity index (χ4n) is 4.09. The molecule has 0 saturated carbocycles. The number of nitrogens with zero attached hydrogens (tertiary/aromatic N) is 4. The third kappa shape index (κ3) is 5.98. The number of carbonyl (C=O) groups is 1. The summed E-state index contributed by atoms with van der Waals surface area (Å²) >= 11 is 7.71. The van der Waals surface area contributed by atoms with E-state index in [0.29, 0.717) is 40.9 Å². The van der Waals surface area contributed by atoms with E-state index in [2.05, 4.69) is 4.98 Å². The van der Waals surface area contributed by atoms with Gasteiger partial charge in [-0.05, 0) is 70.3 Å². The number of hydrogen-bond acceptors (Lipinski definition) is 6. The van der Waals surface area contributed by atoms with Crippen molar-refractivity contribution < 1.29 is 13.2 Å². The number of thiazole rings is 1. The van der Waals surface area contributed by atoms with Gasteiger partial charge in [-0.1, -0.05) is 35.4 Å². The number of carbonyl (C=O) groups excluding carboxylic acids is 1. The van der Waals surface area contributed by atoms with Crippen molar-refractivity contribution in [3.63, 3.8) is 0 Å². The number of fused-ring (bicyclic) bond motifs is 1. The van der Waals surface area contributed by atoms with E-state index in [1.165, 1.54) is 23.5 Å². The summed E-state index contributed by atoms with van der Waals surface area (Å²) in [6.45, 7) is 3.56. The van der Waals surface area contributed by atoms with Crippen LogP contribution in [-0.2, 0) is 10.0 Å². The number of para-hydroxylation sites is 1. The van der Waals surface area contributed by atoms with E-state index in [0.717, 1.165) is 24.0 Å². The predicted molar refractivity (Wildman–Crippen MR) is 146 cm³/mol. The quantitative estimate of drug-likeness (QED) is 0.402. The monoisotopic (exact) mass is 556 g/mol. The zero-order valence-electron chi connectivity index (χ0n) is 20.0. The van der Waals surface area contributed by atoms with Crippen molar-refractivity contribution in [1.82, 2.24) is 14.2 Å². The molecule has 1 unspecified atom stereocenters. The van der Waals surface area contributed by atoms with Gasteiger partial charge in [0.25, 0.3) is 5.91 Å². The zero-order chi connectivity index (χ0) is 24.5. The molecule has 1 atom stereocenters. The molecule has 0 aliphatic carbocycles. The molecule has 0 spiro atoms. The topological polar surface area (TPSA) is 73.8 Å². The van der Waals surface area contributed by atoms with Crippen molar-refractivity contribution in [2.45, 2.75) is 37.1 Å². The van der Waals surface area contributed by atoms with E-state index in [4.69, 9.17) is 11.6 Å². The van der Waals surface area contributed by atoms with E-state index in [1.807, 2.05) is 38.1 Å². The van der Waals surface area contributed by atoms with Crippen LogP contribution in [0, 0.1) is 0 Å². The van der Waals surface area contributed by atoms with Gasteiger partial charge < -0.3 is 4.90 Å². The summed E-state index contributed by atoms with van der Waals surface area (Å²) in [5, 5.41) is 1.11. The summed E-state index contributed by atoms with van der Waals surface area (Å²) in [5.74, 6) is -0.229. The third-order valence-corrected chi connectivity index (χ3v) is 9.43. The summed E-state index contributed by atoms with van der Waals surface area (Å²) in [5.41, 5.74) is 1.08. The second-order valence-electron chi connectivity index (χ2n) is 8.83. The summed E-state index contributed by atoms with van der Waals surface area (Å²) in [7, 11) is 0.294. The van der Waals surface area contributed by atoms with Crippen molar-refractivity contribution >= 4 is 66.6 Å². The normalized spacial score (nSPS) is 16.9. The van der Waals surface area contributed by atoms with Crippen molar-refractivity contribution in [2.75, 3.05) is 38.6 Å². The number of sulfonamides is 1. The van der Waals surface area contributed by atoms with Gasteiger partial charge in [0.2, 0.25) is 10.0 Å². The molecule has 2 heterocycles. The van der Waals surface area contributed by atoms with Crippen LogP contribution < -0.4 is 4.90 Å². The van der Waals surface area contributed by atoms with Crippen LogP contribution >= 0.6 is 35.3 Å². The number of piperidine rings is 1. The lowest BCUT2D eigenvalue weighted by molar-refractivity contribution is 0.0985. The molecule has 1 fully saturated rings. The minimum Gasteiger partial charge on any atom is -0.308 e. The third-order valence-electron chi connectivity index (χ3n) is 6.06. The highest BCUT2D eigenvalue weighted by atomic mass is 35.5. The Morgan fingerprint density at radius 2 is 1.86 bits per heavy atom. The minimum atomic E-state index is -3.59. The van der Waals surface area contributed by atoms with Crippen LogP contribution in [0.15, 0.2) is 47.4 Å². The van der Waals surface area contributed by atoms with Crippen LogP contribution in [0.5, 0.6) is 0 Å². The lowest BCUT2D eigenvalue weighted by atomic mass is 10.1. The molecular formula is C24H30Cl2N4O3S2. The van der Waals surface area contributed by atoms with Crippen LogP contribution in [0.2, 0.25) is 5.02 Å². The molecule has 2 aromatic carbocycles. The Morgan fingerprint density at radius 1 is 1.14 bits per heavy atom. The van der Waals surface area contributed by atoms with Gasteiger partial charge in [-0.3, -0.25) is 9.69 Å². The van der Waals surface area contributed by atoms with Crippen LogP contribution in [0.1, 0.15) is 36.5 Å². The van der Waals surface area contributed by atoms with Gasteiger partial charge in [-0.15, -0.1) is 12.4 Å². The largest absolute Gasteiger partial charge is 0.308 e. The van der Waals surface area contributed by atoms with Crippen molar-refractivity contribution in [2.24, 2.45) is 0 Å². The first-order valence-corrected chi connectivity index (χ1v) is 14.0. The number of likely N-dealkylation sites (N-methyl/N-ethyl adjacent to an activating group) is 1. The fourth-order valence-corrected chi connectivity index (χ4v) is 7.08. The average molecular weight is 558 g/mol. The maximum atomic E-state index is 13.5. The van der Waals surface area contributed by atoms with Crippen LogP contribution in [0.4, 0.5) is 5.13 Å². The molecule has 1 aliphatic heterocycles. The Hall–Kier alpha value is -1.75. The minimum absolute atomic E-state index is 0. The van der Waals surface area contributed by atoms with Crippen molar-refractivity contribution in [3.05, 3.63) is 53.1 Å². The molecule has 4 rings (SSSR count). The molecule has 11 heteroatoms. The highest BCUT2D eigenvalue weighted by Gasteiger charge is 2.31.